The molecule has 1 aromatic carbocycles. The summed E-state index contributed by atoms with van der Waals surface area (Å²) in [6, 6.07) is 3.59. The summed E-state index contributed by atoms with van der Waals surface area (Å²) < 4.78 is 37.4. The molecule has 0 radical (unpaired) electrons. The lowest BCUT2D eigenvalue weighted by Crippen LogP contribution is -2.17. The monoisotopic (exact) mass is 175 g/mol. The molecule has 66 valence electrons. The molecule has 4 heteroatoms. The second kappa shape index (κ2) is 3.58. The van der Waals surface area contributed by atoms with Crippen molar-refractivity contribution in [2.45, 2.75) is 12.7 Å². The van der Waals surface area contributed by atoms with E-state index in [1.54, 1.807) is 0 Å². The van der Waals surface area contributed by atoms with E-state index in [0.717, 1.165) is 6.07 Å². The average molecular weight is 175 g/mol. The third-order valence-corrected chi connectivity index (χ3v) is 1.45. The third-order valence-electron chi connectivity index (χ3n) is 1.45. The van der Waals surface area contributed by atoms with E-state index < -0.39 is 17.9 Å². The Morgan fingerprint density at radius 1 is 1.33 bits per heavy atom. The highest BCUT2D eigenvalue weighted by Gasteiger charge is 2.09. The summed E-state index contributed by atoms with van der Waals surface area (Å²) in [7, 11) is 0. The van der Waals surface area contributed by atoms with Crippen LogP contribution in [0.15, 0.2) is 18.2 Å². The Kier molecular flexibility index (Phi) is 2.70. The normalized spacial score (nSPS) is 13.0. The molecular formula is C8H8F3N. The van der Waals surface area contributed by atoms with Gasteiger partial charge in [-0.3, -0.25) is 0 Å². The molecule has 0 aromatic heterocycles. The maximum atomic E-state index is 12.8. The van der Waals surface area contributed by atoms with Crippen molar-refractivity contribution in [2.24, 2.45) is 5.73 Å². The Morgan fingerprint density at radius 3 is 2.58 bits per heavy atom. The van der Waals surface area contributed by atoms with Crippen molar-refractivity contribution in [3.63, 3.8) is 0 Å². The van der Waals surface area contributed by atoms with E-state index >= 15 is 0 Å². The van der Waals surface area contributed by atoms with E-state index in [4.69, 9.17) is 5.73 Å². The molecule has 1 nitrogen and oxygen atoms in total. The maximum absolute atomic E-state index is 12.8. The van der Waals surface area contributed by atoms with Gasteiger partial charge in [-0.2, -0.15) is 0 Å². The van der Waals surface area contributed by atoms with E-state index in [9.17, 15) is 13.2 Å². The molecule has 1 rings (SSSR count). The molecule has 0 aliphatic carbocycles. The Hall–Kier alpha value is -1.03. The number of nitrogens with two attached hydrogens (primary N) is 1. The molecule has 0 saturated carbocycles. The molecule has 12 heavy (non-hydrogen) atoms. The SMILES string of the molecule is NC(F)Cc1cccc(F)c1F. The zero-order chi connectivity index (χ0) is 9.14. The topological polar surface area (TPSA) is 26.0 Å². The summed E-state index contributed by atoms with van der Waals surface area (Å²) in [5, 5.41) is 0. The molecule has 0 aliphatic rings. The van der Waals surface area contributed by atoms with Crippen LogP contribution in [0.2, 0.25) is 0 Å². The van der Waals surface area contributed by atoms with Crippen molar-refractivity contribution in [3.05, 3.63) is 35.4 Å². The van der Waals surface area contributed by atoms with Crippen LogP contribution in [0.1, 0.15) is 5.56 Å². The van der Waals surface area contributed by atoms with E-state index in [1.807, 2.05) is 0 Å². The lowest BCUT2D eigenvalue weighted by molar-refractivity contribution is 0.337. The van der Waals surface area contributed by atoms with Crippen LogP contribution in [0.25, 0.3) is 0 Å². The van der Waals surface area contributed by atoms with Crippen LogP contribution in [0.4, 0.5) is 13.2 Å². The van der Waals surface area contributed by atoms with Gasteiger partial charge in [-0.1, -0.05) is 12.1 Å². The fraction of sp³-hybridized carbons (Fsp3) is 0.250. The van der Waals surface area contributed by atoms with Crippen molar-refractivity contribution in [1.82, 2.24) is 0 Å². The van der Waals surface area contributed by atoms with Crippen LogP contribution in [0.5, 0.6) is 0 Å². The Morgan fingerprint density at radius 2 is 2.00 bits per heavy atom. The van der Waals surface area contributed by atoms with Gasteiger partial charge in [0.1, 0.15) is 0 Å². The zero-order valence-electron chi connectivity index (χ0n) is 6.23. The fourth-order valence-corrected chi connectivity index (χ4v) is 0.916. The summed E-state index contributed by atoms with van der Waals surface area (Å²) in [6.45, 7) is 0. The van der Waals surface area contributed by atoms with E-state index in [1.165, 1.54) is 12.1 Å². The lowest BCUT2D eigenvalue weighted by Gasteiger charge is -2.03. The predicted octanol–water partition coefficient (Wildman–Crippen LogP) is 1.76. The largest absolute Gasteiger partial charge is 0.301 e. The quantitative estimate of drug-likeness (QED) is 0.681. The minimum absolute atomic E-state index is 0.0370. The maximum Gasteiger partial charge on any atom is 0.162 e. The molecule has 0 heterocycles. The summed E-state index contributed by atoms with van der Waals surface area (Å²) in [6.07, 6.45) is -1.95. The van der Waals surface area contributed by atoms with Crippen LogP contribution < -0.4 is 5.73 Å². The smallest absolute Gasteiger partial charge is 0.162 e. The molecule has 1 unspecified atom stereocenters. The predicted molar refractivity (Wildman–Crippen MR) is 39.1 cm³/mol. The van der Waals surface area contributed by atoms with E-state index in [-0.39, 0.29) is 12.0 Å². The third kappa shape index (κ3) is 1.98. The molecule has 1 aromatic rings. The molecule has 2 N–H and O–H groups in total. The van der Waals surface area contributed by atoms with Gasteiger partial charge in [0, 0.05) is 6.42 Å². The Balaban J connectivity index is 2.92. The second-order valence-corrected chi connectivity index (χ2v) is 2.43. The van der Waals surface area contributed by atoms with Crippen LogP contribution in [-0.2, 0) is 6.42 Å². The highest BCUT2D eigenvalue weighted by atomic mass is 19.2. The van der Waals surface area contributed by atoms with Crippen molar-refractivity contribution in [2.75, 3.05) is 0 Å². The highest BCUT2D eigenvalue weighted by Crippen LogP contribution is 2.12. The van der Waals surface area contributed by atoms with Gasteiger partial charge in [-0.05, 0) is 11.6 Å². The van der Waals surface area contributed by atoms with Gasteiger partial charge in [0.15, 0.2) is 17.9 Å². The summed E-state index contributed by atoms with van der Waals surface area (Å²) in [5.74, 6) is -2.00. The minimum atomic E-state index is -1.65. The van der Waals surface area contributed by atoms with Crippen LogP contribution in [0.3, 0.4) is 0 Å². The number of benzene rings is 1. The van der Waals surface area contributed by atoms with E-state index in [2.05, 4.69) is 0 Å². The van der Waals surface area contributed by atoms with Gasteiger partial charge in [0.2, 0.25) is 0 Å². The summed E-state index contributed by atoms with van der Waals surface area (Å²) >= 11 is 0. The lowest BCUT2D eigenvalue weighted by atomic mass is 10.1. The molecule has 0 bridgehead atoms. The number of alkyl halides is 1. The minimum Gasteiger partial charge on any atom is -0.301 e. The molecular weight excluding hydrogens is 167 g/mol. The first-order valence-corrected chi connectivity index (χ1v) is 3.44. The van der Waals surface area contributed by atoms with Gasteiger partial charge >= 0.3 is 0 Å². The first-order valence-electron chi connectivity index (χ1n) is 3.44. The van der Waals surface area contributed by atoms with E-state index in [0.29, 0.717) is 0 Å². The first kappa shape index (κ1) is 9.06. The van der Waals surface area contributed by atoms with Gasteiger partial charge in [-0.25, -0.2) is 13.2 Å². The standard InChI is InChI=1S/C8H8F3N/c9-6-3-1-2-5(8(6)11)4-7(10)12/h1-3,7H,4,12H2. The summed E-state index contributed by atoms with van der Waals surface area (Å²) in [5.41, 5.74) is 4.75. The number of hydrogen-bond acceptors (Lipinski definition) is 1. The second-order valence-electron chi connectivity index (χ2n) is 2.43. The van der Waals surface area contributed by atoms with Crippen LogP contribution in [0, 0.1) is 11.6 Å². The van der Waals surface area contributed by atoms with Crippen LogP contribution >= 0.6 is 0 Å². The molecule has 0 fully saturated rings. The van der Waals surface area contributed by atoms with Crippen molar-refractivity contribution < 1.29 is 13.2 Å². The molecule has 0 aliphatic heterocycles. The molecule has 0 spiro atoms. The molecule has 0 amide bonds. The Labute approximate surface area is 68.0 Å². The van der Waals surface area contributed by atoms with Gasteiger partial charge in [0.05, 0.1) is 0 Å². The number of halogens is 3. The van der Waals surface area contributed by atoms with Crippen LogP contribution in [-0.4, -0.2) is 6.30 Å². The molecule has 0 saturated heterocycles. The average Bonchev–Trinajstić information content (AvgIpc) is 1.98. The van der Waals surface area contributed by atoms with Gasteiger partial charge < -0.3 is 5.73 Å². The summed E-state index contributed by atoms with van der Waals surface area (Å²) in [4.78, 5) is 0. The number of rotatable bonds is 2. The van der Waals surface area contributed by atoms with Gasteiger partial charge in [0.25, 0.3) is 0 Å². The zero-order valence-corrected chi connectivity index (χ0v) is 6.23. The van der Waals surface area contributed by atoms with Crippen molar-refractivity contribution in [3.8, 4) is 0 Å². The van der Waals surface area contributed by atoms with Crippen molar-refractivity contribution in [1.29, 1.82) is 0 Å². The first-order chi connectivity index (χ1) is 5.61. The molecule has 1 atom stereocenters. The fourth-order valence-electron chi connectivity index (χ4n) is 0.916. The van der Waals surface area contributed by atoms with Crippen molar-refractivity contribution >= 4 is 0 Å². The Bertz CT molecular complexity index is 273. The highest BCUT2D eigenvalue weighted by molar-refractivity contribution is 5.19. The number of hydrogen-bond donors (Lipinski definition) is 1. The van der Waals surface area contributed by atoms with Gasteiger partial charge in [-0.15, -0.1) is 0 Å².